The number of rotatable bonds is 3. The van der Waals surface area contributed by atoms with Gasteiger partial charge in [-0.2, -0.15) is 0 Å². The molecule has 0 saturated carbocycles. The van der Waals surface area contributed by atoms with Crippen molar-refractivity contribution in [2.75, 3.05) is 0 Å². The average Bonchev–Trinajstić information content (AvgIpc) is 2.59. The monoisotopic (exact) mass is 355 g/mol. The van der Waals surface area contributed by atoms with Gasteiger partial charge in [-0.3, -0.25) is 9.59 Å². The number of amides is 1. The van der Waals surface area contributed by atoms with Crippen molar-refractivity contribution in [3.8, 4) is 0 Å². The molecule has 0 spiro atoms. The van der Waals surface area contributed by atoms with Crippen LogP contribution in [0.3, 0.4) is 0 Å². The van der Waals surface area contributed by atoms with Crippen LogP contribution in [0.4, 0.5) is 0 Å². The average molecular weight is 356 g/mol. The molecule has 3 rings (SSSR count). The summed E-state index contributed by atoms with van der Waals surface area (Å²) in [5.74, 6) is -0.513. The number of halogens is 1. The summed E-state index contributed by atoms with van der Waals surface area (Å²) < 4.78 is 1.46. The van der Waals surface area contributed by atoms with Crippen molar-refractivity contribution in [2.24, 2.45) is 7.05 Å². The van der Waals surface area contributed by atoms with E-state index in [0.29, 0.717) is 16.1 Å². The molecule has 0 saturated heterocycles. The second-order valence-corrected chi connectivity index (χ2v) is 6.43. The van der Waals surface area contributed by atoms with Gasteiger partial charge in [-0.1, -0.05) is 29.8 Å². The summed E-state index contributed by atoms with van der Waals surface area (Å²) in [6.07, 6.45) is 0. The highest BCUT2D eigenvalue weighted by atomic mass is 35.5. The maximum absolute atomic E-state index is 12.5. The summed E-state index contributed by atoms with van der Waals surface area (Å²) in [5.41, 5.74) is 3.68. The third-order valence-corrected chi connectivity index (χ3v) is 4.67. The van der Waals surface area contributed by atoms with E-state index in [0.717, 1.165) is 16.7 Å². The molecule has 1 heterocycles. The Morgan fingerprint density at radius 3 is 2.60 bits per heavy atom. The highest BCUT2D eigenvalue weighted by Gasteiger charge is 2.17. The summed E-state index contributed by atoms with van der Waals surface area (Å²) in [7, 11) is 1.64. The number of aromatic nitrogens is 2. The number of hydrogen-bond donors (Lipinski definition) is 1. The van der Waals surface area contributed by atoms with Crippen molar-refractivity contribution >= 4 is 28.5 Å². The van der Waals surface area contributed by atoms with Crippen LogP contribution >= 0.6 is 11.6 Å². The van der Waals surface area contributed by atoms with Crippen molar-refractivity contribution in [1.82, 2.24) is 14.9 Å². The van der Waals surface area contributed by atoms with Gasteiger partial charge >= 0.3 is 0 Å². The molecule has 0 aliphatic rings. The lowest BCUT2D eigenvalue weighted by atomic mass is 10.1. The molecule has 0 radical (unpaired) electrons. The van der Waals surface area contributed by atoms with Crippen LogP contribution in [0.1, 0.15) is 27.2 Å². The van der Waals surface area contributed by atoms with Gasteiger partial charge < -0.3 is 9.88 Å². The standard InChI is InChI=1S/C19H18ClN3O2/c1-11-8-15-16(9-12(11)2)23(3)19(25)17(22-15)18(24)21-10-13-6-4-5-7-14(13)20/h4-9H,10H2,1-3H3,(H,21,24). The van der Waals surface area contributed by atoms with E-state index >= 15 is 0 Å². The molecule has 1 amide bonds. The molecule has 1 N–H and O–H groups in total. The second kappa shape index (κ2) is 6.69. The van der Waals surface area contributed by atoms with E-state index in [4.69, 9.17) is 11.6 Å². The highest BCUT2D eigenvalue weighted by Crippen LogP contribution is 2.17. The fourth-order valence-electron chi connectivity index (χ4n) is 2.63. The fraction of sp³-hybridized carbons (Fsp3) is 0.211. The molecule has 0 fully saturated rings. The van der Waals surface area contributed by atoms with Crippen LogP contribution in [0, 0.1) is 13.8 Å². The molecule has 0 bridgehead atoms. The van der Waals surface area contributed by atoms with Crippen molar-refractivity contribution in [1.29, 1.82) is 0 Å². The first-order valence-corrected chi connectivity index (χ1v) is 8.26. The maximum Gasteiger partial charge on any atom is 0.282 e. The molecule has 5 nitrogen and oxygen atoms in total. The molecular formula is C19H18ClN3O2. The Morgan fingerprint density at radius 1 is 1.20 bits per heavy atom. The smallest absolute Gasteiger partial charge is 0.282 e. The second-order valence-electron chi connectivity index (χ2n) is 6.02. The summed E-state index contributed by atoms with van der Waals surface area (Å²) in [6.45, 7) is 4.18. The van der Waals surface area contributed by atoms with E-state index < -0.39 is 11.5 Å². The lowest BCUT2D eigenvalue weighted by Crippen LogP contribution is -2.33. The first-order valence-electron chi connectivity index (χ1n) is 7.88. The number of aryl methyl sites for hydroxylation is 3. The van der Waals surface area contributed by atoms with Crippen molar-refractivity contribution < 1.29 is 4.79 Å². The van der Waals surface area contributed by atoms with Gasteiger partial charge in [0.1, 0.15) is 0 Å². The number of carbonyl (C=O) groups excluding carboxylic acids is 1. The fourth-order valence-corrected chi connectivity index (χ4v) is 2.83. The van der Waals surface area contributed by atoms with Gasteiger partial charge in [-0.05, 0) is 48.7 Å². The van der Waals surface area contributed by atoms with Crippen LogP contribution in [-0.2, 0) is 13.6 Å². The topological polar surface area (TPSA) is 64.0 Å². The Kier molecular flexibility index (Phi) is 4.59. The minimum absolute atomic E-state index is 0.120. The maximum atomic E-state index is 12.5. The number of nitrogens with one attached hydrogen (secondary N) is 1. The van der Waals surface area contributed by atoms with Gasteiger partial charge in [-0.15, -0.1) is 0 Å². The van der Waals surface area contributed by atoms with Gasteiger partial charge in [0.25, 0.3) is 11.5 Å². The predicted octanol–water partition coefficient (Wildman–Crippen LogP) is 3.13. The molecule has 3 aromatic rings. The van der Waals surface area contributed by atoms with E-state index in [1.54, 1.807) is 13.1 Å². The quantitative estimate of drug-likeness (QED) is 0.785. The number of hydrogen-bond acceptors (Lipinski definition) is 3. The van der Waals surface area contributed by atoms with Crippen molar-refractivity contribution in [3.05, 3.63) is 74.2 Å². The summed E-state index contributed by atoms with van der Waals surface area (Å²) >= 11 is 6.09. The van der Waals surface area contributed by atoms with Gasteiger partial charge in [0, 0.05) is 18.6 Å². The van der Waals surface area contributed by atoms with E-state index in [2.05, 4.69) is 10.3 Å². The molecular weight excluding hydrogens is 338 g/mol. The number of nitrogens with zero attached hydrogens (tertiary/aromatic N) is 2. The first-order chi connectivity index (χ1) is 11.9. The molecule has 2 aromatic carbocycles. The third-order valence-electron chi connectivity index (χ3n) is 4.30. The molecule has 0 atom stereocenters. The van der Waals surface area contributed by atoms with Crippen LogP contribution in [0.2, 0.25) is 5.02 Å². The van der Waals surface area contributed by atoms with E-state index in [1.165, 1.54) is 4.57 Å². The SMILES string of the molecule is Cc1cc2nc(C(=O)NCc3ccccc3Cl)c(=O)n(C)c2cc1C. The van der Waals surface area contributed by atoms with Crippen LogP contribution < -0.4 is 10.9 Å². The van der Waals surface area contributed by atoms with Gasteiger partial charge in [0.2, 0.25) is 0 Å². The largest absolute Gasteiger partial charge is 0.346 e. The molecule has 0 aliphatic carbocycles. The minimum atomic E-state index is -0.513. The molecule has 1 aromatic heterocycles. The molecule has 25 heavy (non-hydrogen) atoms. The summed E-state index contributed by atoms with van der Waals surface area (Å²) in [4.78, 5) is 29.3. The zero-order valence-corrected chi connectivity index (χ0v) is 15.0. The van der Waals surface area contributed by atoms with Crippen molar-refractivity contribution in [3.63, 3.8) is 0 Å². The van der Waals surface area contributed by atoms with Crippen LogP contribution in [0.25, 0.3) is 11.0 Å². The minimum Gasteiger partial charge on any atom is -0.346 e. The van der Waals surface area contributed by atoms with Crippen LogP contribution in [-0.4, -0.2) is 15.5 Å². The molecule has 128 valence electrons. The zero-order chi connectivity index (χ0) is 18.1. The van der Waals surface area contributed by atoms with Crippen LogP contribution in [0.5, 0.6) is 0 Å². The van der Waals surface area contributed by atoms with Crippen LogP contribution in [0.15, 0.2) is 41.2 Å². The molecule has 6 heteroatoms. The number of carbonyl (C=O) groups is 1. The Balaban J connectivity index is 1.96. The van der Waals surface area contributed by atoms with E-state index in [-0.39, 0.29) is 12.2 Å². The predicted molar refractivity (Wildman–Crippen MR) is 99.1 cm³/mol. The van der Waals surface area contributed by atoms with Crippen molar-refractivity contribution in [2.45, 2.75) is 20.4 Å². The van der Waals surface area contributed by atoms with Gasteiger partial charge in [-0.25, -0.2) is 4.98 Å². The van der Waals surface area contributed by atoms with Gasteiger partial charge in [0.15, 0.2) is 5.69 Å². The molecule has 0 aliphatic heterocycles. The molecule has 0 unspecified atom stereocenters. The van der Waals surface area contributed by atoms with E-state index in [1.807, 2.05) is 44.2 Å². The highest BCUT2D eigenvalue weighted by molar-refractivity contribution is 6.31. The number of fused-ring (bicyclic) bond motifs is 1. The third kappa shape index (κ3) is 3.28. The van der Waals surface area contributed by atoms with Gasteiger partial charge in [0.05, 0.1) is 11.0 Å². The lowest BCUT2D eigenvalue weighted by Gasteiger charge is -2.11. The number of benzene rings is 2. The summed E-state index contributed by atoms with van der Waals surface area (Å²) in [5, 5.41) is 3.28. The lowest BCUT2D eigenvalue weighted by molar-refractivity contribution is 0.0944. The zero-order valence-electron chi connectivity index (χ0n) is 14.3. The Bertz CT molecular complexity index is 1040. The van der Waals surface area contributed by atoms with E-state index in [9.17, 15) is 9.59 Å². The Hall–Kier alpha value is -2.66. The Labute approximate surface area is 150 Å². The summed E-state index contributed by atoms with van der Waals surface area (Å²) in [6, 6.07) is 11.0. The first kappa shape index (κ1) is 17.2. The normalized spacial score (nSPS) is 10.9. The Morgan fingerprint density at radius 2 is 1.88 bits per heavy atom.